The first-order valence-corrected chi connectivity index (χ1v) is 11.2. The van der Waals surface area contributed by atoms with Gasteiger partial charge in [0, 0.05) is 59.4 Å². The molecule has 1 aromatic rings. The van der Waals surface area contributed by atoms with Crippen molar-refractivity contribution in [3.8, 4) is 0 Å². The molecule has 1 fully saturated rings. The summed E-state index contributed by atoms with van der Waals surface area (Å²) in [4.78, 5) is 21.0. The van der Waals surface area contributed by atoms with Crippen LogP contribution in [0.1, 0.15) is 38.8 Å². The largest absolute Gasteiger partial charge is 0.444 e. The molecule has 0 bridgehead atoms. The second-order valence-electron chi connectivity index (χ2n) is 8.76. The summed E-state index contributed by atoms with van der Waals surface area (Å²) >= 11 is 0. The quantitative estimate of drug-likeness (QED) is 0.331. The molecule has 1 saturated heterocycles. The fourth-order valence-corrected chi connectivity index (χ4v) is 3.45. The van der Waals surface area contributed by atoms with Crippen LogP contribution in [0.4, 0.5) is 4.79 Å². The van der Waals surface area contributed by atoms with Crippen LogP contribution in [-0.4, -0.2) is 80.3 Å². The lowest BCUT2D eigenvalue weighted by molar-refractivity contribution is 0.0529. The highest BCUT2D eigenvalue weighted by molar-refractivity contribution is 5.79. The number of likely N-dealkylation sites (N-methyl/N-ethyl adjacent to an activating group) is 1. The van der Waals surface area contributed by atoms with Crippen LogP contribution < -0.4 is 16.0 Å². The van der Waals surface area contributed by atoms with Crippen molar-refractivity contribution in [1.29, 1.82) is 0 Å². The minimum Gasteiger partial charge on any atom is -0.444 e. The van der Waals surface area contributed by atoms with Gasteiger partial charge >= 0.3 is 6.09 Å². The molecule has 0 saturated carbocycles. The fourth-order valence-electron chi connectivity index (χ4n) is 3.45. The zero-order valence-corrected chi connectivity index (χ0v) is 19.8. The Bertz CT molecular complexity index is 708. The molecule has 3 N–H and O–H groups in total. The summed E-state index contributed by atoms with van der Waals surface area (Å²) in [6, 6.07) is 8.57. The van der Waals surface area contributed by atoms with Gasteiger partial charge in [-0.05, 0) is 38.4 Å². The van der Waals surface area contributed by atoms with Gasteiger partial charge in [0.15, 0.2) is 5.96 Å². The Balaban J connectivity index is 1.76. The maximum atomic E-state index is 11.7. The highest BCUT2D eigenvalue weighted by Crippen LogP contribution is 2.13. The Morgan fingerprint density at radius 2 is 1.61 bits per heavy atom. The summed E-state index contributed by atoms with van der Waals surface area (Å²) in [5.74, 6) is 0.706. The smallest absolute Gasteiger partial charge is 0.407 e. The van der Waals surface area contributed by atoms with Gasteiger partial charge in [-0.2, -0.15) is 0 Å². The summed E-state index contributed by atoms with van der Waals surface area (Å²) in [6.07, 6.45) is -0.411. The van der Waals surface area contributed by atoms with Crippen LogP contribution >= 0.6 is 0 Å². The molecular formula is C23H40N6O2. The van der Waals surface area contributed by atoms with Gasteiger partial charge in [-0.1, -0.05) is 31.2 Å². The van der Waals surface area contributed by atoms with Crippen molar-refractivity contribution >= 4 is 12.1 Å². The van der Waals surface area contributed by atoms with Gasteiger partial charge in [0.1, 0.15) is 5.60 Å². The van der Waals surface area contributed by atoms with E-state index in [4.69, 9.17) is 4.74 Å². The average molecular weight is 433 g/mol. The second-order valence-corrected chi connectivity index (χ2v) is 8.76. The third-order valence-corrected chi connectivity index (χ3v) is 5.18. The molecule has 1 aromatic carbocycles. The maximum absolute atomic E-state index is 11.7. The molecule has 0 aromatic heterocycles. The lowest BCUT2D eigenvalue weighted by Crippen LogP contribution is -2.45. The molecule has 8 nitrogen and oxygen atoms in total. The van der Waals surface area contributed by atoms with Crippen LogP contribution in [0.2, 0.25) is 0 Å². The summed E-state index contributed by atoms with van der Waals surface area (Å²) < 4.78 is 5.23. The van der Waals surface area contributed by atoms with Crippen molar-refractivity contribution in [2.24, 2.45) is 4.99 Å². The normalized spacial score (nSPS) is 16.1. The van der Waals surface area contributed by atoms with E-state index in [1.807, 2.05) is 20.8 Å². The third-order valence-electron chi connectivity index (χ3n) is 5.18. The van der Waals surface area contributed by atoms with Crippen molar-refractivity contribution in [1.82, 2.24) is 25.8 Å². The molecule has 1 amide bonds. The Hall–Kier alpha value is -2.32. The predicted molar refractivity (Wildman–Crippen MR) is 126 cm³/mol. The number of carbonyl (C=O) groups excluding carboxylic acids is 1. The zero-order chi connectivity index (χ0) is 22.7. The van der Waals surface area contributed by atoms with Crippen LogP contribution in [-0.2, 0) is 17.8 Å². The second kappa shape index (κ2) is 12.5. The van der Waals surface area contributed by atoms with Gasteiger partial charge in [-0.15, -0.1) is 0 Å². The first-order chi connectivity index (χ1) is 14.8. The van der Waals surface area contributed by atoms with Gasteiger partial charge in [0.05, 0.1) is 0 Å². The Labute approximate surface area is 187 Å². The summed E-state index contributed by atoms with van der Waals surface area (Å²) in [7, 11) is 1.75. The summed E-state index contributed by atoms with van der Waals surface area (Å²) in [6.45, 7) is 16.1. The molecule has 0 aliphatic carbocycles. The minimum atomic E-state index is -0.494. The molecule has 2 rings (SSSR count). The van der Waals surface area contributed by atoms with Crippen molar-refractivity contribution in [3.63, 3.8) is 0 Å². The minimum absolute atomic E-state index is 0.411. The van der Waals surface area contributed by atoms with Crippen LogP contribution in [0.25, 0.3) is 0 Å². The molecule has 174 valence electrons. The van der Waals surface area contributed by atoms with E-state index in [-0.39, 0.29) is 0 Å². The average Bonchev–Trinajstić information content (AvgIpc) is 2.73. The van der Waals surface area contributed by atoms with Gasteiger partial charge in [-0.3, -0.25) is 9.89 Å². The van der Waals surface area contributed by atoms with E-state index in [1.54, 1.807) is 7.05 Å². The topological polar surface area (TPSA) is 81.2 Å². The number of hydrogen-bond acceptors (Lipinski definition) is 5. The fraction of sp³-hybridized carbons (Fsp3) is 0.652. The number of guanidine groups is 1. The van der Waals surface area contributed by atoms with Crippen LogP contribution in [0.15, 0.2) is 29.3 Å². The van der Waals surface area contributed by atoms with E-state index in [9.17, 15) is 4.79 Å². The van der Waals surface area contributed by atoms with Crippen molar-refractivity contribution < 1.29 is 9.53 Å². The lowest BCUT2D eigenvalue weighted by atomic mass is 10.1. The first kappa shape index (κ1) is 24.9. The molecule has 0 spiro atoms. The van der Waals surface area contributed by atoms with Crippen molar-refractivity contribution in [3.05, 3.63) is 35.4 Å². The van der Waals surface area contributed by atoms with E-state index in [2.05, 4.69) is 61.9 Å². The number of nitrogens with one attached hydrogen (secondary N) is 3. The Morgan fingerprint density at radius 1 is 1.00 bits per heavy atom. The molecular weight excluding hydrogens is 392 g/mol. The highest BCUT2D eigenvalue weighted by atomic mass is 16.6. The van der Waals surface area contributed by atoms with Crippen LogP contribution in [0, 0.1) is 0 Å². The number of amides is 1. The molecule has 31 heavy (non-hydrogen) atoms. The Morgan fingerprint density at radius 3 is 2.23 bits per heavy atom. The Kier molecular flexibility index (Phi) is 10.1. The monoisotopic (exact) mass is 432 g/mol. The van der Waals surface area contributed by atoms with Crippen molar-refractivity contribution in [2.75, 3.05) is 52.9 Å². The number of ether oxygens (including phenoxy) is 1. The molecule has 0 unspecified atom stereocenters. The van der Waals surface area contributed by atoms with E-state index in [1.165, 1.54) is 11.1 Å². The number of rotatable bonds is 8. The number of hydrogen-bond donors (Lipinski definition) is 3. The standard InChI is InChI=1S/C23H40N6O2/c1-6-28-13-15-29(16-14-28)18-20-10-8-7-9-19(20)17-27-21(24-5)25-11-12-26-22(30)31-23(2,3)4/h7-10H,6,11-18H2,1-5H3,(H,26,30)(H2,24,25,27). The molecule has 1 aliphatic rings. The van der Waals surface area contributed by atoms with E-state index in [0.29, 0.717) is 25.6 Å². The van der Waals surface area contributed by atoms with Crippen LogP contribution in [0.3, 0.4) is 0 Å². The maximum Gasteiger partial charge on any atom is 0.407 e. The van der Waals surface area contributed by atoms with E-state index in [0.717, 1.165) is 39.3 Å². The number of aliphatic imine (C=N–C) groups is 1. The molecule has 8 heteroatoms. The summed E-state index contributed by atoms with van der Waals surface area (Å²) in [5, 5.41) is 9.34. The molecule has 1 aliphatic heterocycles. The van der Waals surface area contributed by atoms with Gasteiger partial charge in [0.25, 0.3) is 0 Å². The van der Waals surface area contributed by atoms with Crippen LogP contribution in [0.5, 0.6) is 0 Å². The SMILES string of the molecule is CCN1CCN(Cc2ccccc2CNC(=NC)NCCNC(=O)OC(C)(C)C)CC1. The third kappa shape index (κ3) is 9.57. The number of piperazine rings is 1. The molecule has 1 heterocycles. The number of alkyl carbamates (subject to hydrolysis) is 1. The van der Waals surface area contributed by atoms with E-state index >= 15 is 0 Å². The number of nitrogens with zero attached hydrogens (tertiary/aromatic N) is 3. The molecule has 0 radical (unpaired) electrons. The summed E-state index contributed by atoms with van der Waals surface area (Å²) in [5.41, 5.74) is 2.13. The lowest BCUT2D eigenvalue weighted by Gasteiger charge is -2.34. The number of benzene rings is 1. The first-order valence-electron chi connectivity index (χ1n) is 11.2. The van der Waals surface area contributed by atoms with E-state index < -0.39 is 11.7 Å². The van der Waals surface area contributed by atoms with Gasteiger partial charge in [0.2, 0.25) is 0 Å². The highest BCUT2D eigenvalue weighted by Gasteiger charge is 2.17. The van der Waals surface area contributed by atoms with Crippen molar-refractivity contribution in [2.45, 2.75) is 46.4 Å². The number of carbonyl (C=O) groups is 1. The van der Waals surface area contributed by atoms with Gasteiger partial charge in [-0.25, -0.2) is 4.79 Å². The van der Waals surface area contributed by atoms with Gasteiger partial charge < -0.3 is 25.6 Å². The predicted octanol–water partition coefficient (Wildman–Crippen LogP) is 2.01. The zero-order valence-electron chi connectivity index (χ0n) is 19.8. The molecule has 0 atom stereocenters.